The van der Waals surface area contributed by atoms with E-state index in [2.05, 4.69) is 30.2 Å². The fraction of sp³-hybridized carbons (Fsp3) is 0. The fourth-order valence-electron chi connectivity index (χ4n) is 2.21. The Balaban J connectivity index is 1.77. The normalized spacial score (nSPS) is 10.8. The molecule has 0 spiro atoms. The first kappa shape index (κ1) is 15.6. The molecule has 0 saturated carbocycles. The molecule has 4 heterocycles. The third-order valence-electron chi connectivity index (χ3n) is 3.33. The molecule has 0 saturated heterocycles. The third-order valence-corrected chi connectivity index (χ3v) is 4.42. The van der Waals surface area contributed by atoms with Crippen LogP contribution in [0.2, 0.25) is 5.02 Å². The number of halogens is 1. The van der Waals surface area contributed by atoms with Crippen molar-refractivity contribution in [3.8, 4) is 11.5 Å². The molecule has 0 fully saturated rings. The minimum absolute atomic E-state index is 0.0815. The van der Waals surface area contributed by atoms with Gasteiger partial charge in [0, 0.05) is 12.4 Å². The van der Waals surface area contributed by atoms with Crippen molar-refractivity contribution in [1.82, 2.24) is 24.9 Å². The highest BCUT2D eigenvalue weighted by molar-refractivity contribution is 7.16. The molecule has 0 aromatic carbocycles. The first-order valence-corrected chi connectivity index (χ1v) is 8.41. The van der Waals surface area contributed by atoms with Crippen LogP contribution < -0.4 is 5.32 Å². The molecule has 7 nitrogen and oxygen atoms in total. The molecule has 1 amide bonds. The summed E-state index contributed by atoms with van der Waals surface area (Å²) in [7, 11) is 0. The quantitative estimate of drug-likeness (QED) is 0.595. The zero-order chi connectivity index (χ0) is 17.2. The number of hydrogen-bond donors (Lipinski definition) is 1. The molecule has 4 rings (SSSR count). The smallest absolute Gasteiger partial charge is 0.277 e. The van der Waals surface area contributed by atoms with Gasteiger partial charge >= 0.3 is 0 Å². The predicted molar refractivity (Wildman–Crippen MR) is 95.6 cm³/mol. The van der Waals surface area contributed by atoms with E-state index in [-0.39, 0.29) is 10.7 Å². The van der Waals surface area contributed by atoms with Gasteiger partial charge in [-0.1, -0.05) is 17.7 Å². The fourth-order valence-corrected chi connectivity index (χ4v) is 3.16. The van der Waals surface area contributed by atoms with E-state index < -0.39 is 5.91 Å². The Kier molecular flexibility index (Phi) is 4.04. The van der Waals surface area contributed by atoms with Gasteiger partial charge in [0.1, 0.15) is 22.7 Å². The van der Waals surface area contributed by atoms with Crippen LogP contribution in [0.5, 0.6) is 0 Å². The van der Waals surface area contributed by atoms with Crippen molar-refractivity contribution in [3.63, 3.8) is 0 Å². The molecule has 4 aromatic heterocycles. The second-order valence-corrected chi connectivity index (χ2v) is 6.23. The monoisotopic (exact) mass is 368 g/mol. The molecular formula is C16H9ClN6OS. The molecule has 9 heteroatoms. The first-order valence-electron chi connectivity index (χ1n) is 7.16. The van der Waals surface area contributed by atoms with Gasteiger partial charge in [-0.05, 0) is 23.6 Å². The molecule has 0 atom stereocenters. The number of nitrogens with one attached hydrogen (secondary N) is 1. The van der Waals surface area contributed by atoms with E-state index in [1.165, 1.54) is 23.9 Å². The largest absolute Gasteiger partial charge is 0.304 e. The highest BCUT2D eigenvalue weighted by Crippen LogP contribution is 2.28. The van der Waals surface area contributed by atoms with E-state index in [1.807, 2.05) is 29.6 Å². The number of rotatable bonds is 3. The molecular weight excluding hydrogens is 360 g/mol. The van der Waals surface area contributed by atoms with Crippen molar-refractivity contribution in [1.29, 1.82) is 0 Å². The lowest BCUT2D eigenvalue weighted by Gasteiger charge is -2.08. The number of carbonyl (C=O) groups is 1. The number of carbonyl (C=O) groups excluding carboxylic acids is 1. The second kappa shape index (κ2) is 6.50. The summed E-state index contributed by atoms with van der Waals surface area (Å²) in [5, 5.41) is 5.54. The number of fused-ring (bicyclic) bond motifs is 1. The van der Waals surface area contributed by atoms with Crippen LogP contribution in [-0.2, 0) is 0 Å². The van der Waals surface area contributed by atoms with E-state index in [0.29, 0.717) is 17.3 Å². The molecule has 122 valence electrons. The summed E-state index contributed by atoms with van der Waals surface area (Å²) in [6.07, 6.45) is 4.29. The predicted octanol–water partition coefficient (Wildman–Crippen LogP) is 3.45. The van der Waals surface area contributed by atoms with E-state index in [1.54, 1.807) is 6.20 Å². The van der Waals surface area contributed by atoms with Gasteiger partial charge in [0.25, 0.3) is 5.91 Å². The number of anilines is 1. The van der Waals surface area contributed by atoms with Crippen LogP contribution in [0.1, 0.15) is 10.5 Å². The van der Waals surface area contributed by atoms with Crippen LogP contribution in [0.25, 0.3) is 21.7 Å². The molecule has 4 aromatic rings. The number of aromatic nitrogens is 5. The summed E-state index contributed by atoms with van der Waals surface area (Å²) in [6.45, 7) is 0. The average molecular weight is 369 g/mol. The topological polar surface area (TPSA) is 93.6 Å². The Morgan fingerprint density at radius 1 is 1.16 bits per heavy atom. The van der Waals surface area contributed by atoms with Crippen molar-refractivity contribution in [2.45, 2.75) is 0 Å². The summed E-state index contributed by atoms with van der Waals surface area (Å²) >= 11 is 7.44. The molecule has 25 heavy (non-hydrogen) atoms. The zero-order valence-corrected chi connectivity index (χ0v) is 14.1. The van der Waals surface area contributed by atoms with Gasteiger partial charge in [0.15, 0.2) is 11.5 Å². The zero-order valence-electron chi connectivity index (χ0n) is 12.5. The maximum atomic E-state index is 12.5. The van der Waals surface area contributed by atoms with Crippen molar-refractivity contribution in [3.05, 3.63) is 59.1 Å². The Bertz CT molecular complexity index is 1070. The highest BCUT2D eigenvalue weighted by atomic mass is 35.5. The SMILES string of the molecule is O=C(Nc1nc(-c2ccccn2)nc2sccc12)c1ncncc1Cl. The molecule has 0 aliphatic heterocycles. The first-order chi connectivity index (χ1) is 12.2. The van der Waals surface area contributed by atoms with E-state index in [9.17, 15) is 4.79 Å². The summed E-state index contributed by atoms with van der Waals surface area (Å²) in [4.78, 5) is 34.1. The number of pyridine rings is 1. The van der Waals surface area contributed by atoms with Crippen molar-refractivity contribution in [2.24, 2.45) is 0 Å². The molecule has 0 aliphatic carbocycles. The van der Waals surface area contributed by atoms with E-state index >= 15 is 0 Å². The highest BCUT2D eigenvalue weighted by Gasteiger charge is 2.17. The van der Waals surface area contributed by atoms with Gasteiger partial charge < -0.3 is 5.32 Å². The van der Waals surface area contributed by atoms with Gasteiger partial charge in [-0.2, -0.15) is 0 Å². The van der Waals surface area contributed by atoms with Gasteiger partial charge in [0.05, 0.1) is 10.4 Å². The molecule has 0 unspecified atom stereocenters. The molecule has 0 bridgehead atoms. The number of hydrogen-bond acceptors (Lipinski definition) is 7. The van der Waals surface area contributed by atoms with Crippen molar-refractivity contribution < 1.29 is 4.79 Å². The lowest BCUT2D eigenvalue weighted by Crippen LogP contribution is -2.16. The van der Waals surface area contributed by atoms with Gasteiger partial charge in [0.2, 0.25) is 0 Å². The van der Waals surface area contributed by atoms with Gasteiger partial charge in [-0.3, -0.25) is 9.78 Å². The average Bonchev–Trinajstić information content (AvgIpc) is 3.11. The maximum Gasteiger partial charge on any atom is 0.277 e. The molecule has 1 N–H and O–H groups in total. The summed E-state index contributed by atoms with van der Waals surface area (Å²) in [6, 6.07) is 7.32. The lowest BCUT2D eigenvalue weighted by molar-refractivity contribution is 0.102. The summed E-state index contributed by atoms with van der Waals surface area (Å²) in [5.74, 6) is 0.344. The van der Waals surface area contributed by atoms with Crippen LogP contribution in [0.4, 0.5) is 5.82 Å². The lowest BCUT2D eigenvalue weighted by atomic mass is 10.3. The van der Waals surface area contributed by atoms with Crippen molar-refractivity contribution in [2.75, 3.05) is 5.32 Å². The Labute approximate surface area is 150 Å². The molecule has 0 radical (unpaired) electrons. The number of thiophene rings is 1. The van der Waals surface area contributed by atoms with Crippen LogP contribution in [-0.4, -0.2) is 30.8 Å². The van der Waals surface area contributed by atoms with Crippen LogP contribution in [0.15, 0.2) is 48.4 Å². The number of amides is 1. The standard InChI is InChI=1S/C16H9ClN6OS/c17-10-7-18-8-20-12(10)15(24)22-13-9-4-6-25-16(9)23-14(21-13)11-3-1-2-5-19-11/h1-8H,(H,21,22,23,24). The maximum absolute atomic E-state index is 12.5. The van der Waals surface area contributed by atoms with Gasteiger partial charge in [-0.25, -0.2) is 19.9 Å². The number of nitrogens with zero attached hydrogens (tertiary/aromatic N) is 5. The Morgan fingerprint density at radius 3 is 2.88 bits per heavy atom. The minimum Gasteiger partial charge on any atom is -0.304 e. The van der Waals surface area contributed by atoms with Crippen molar-refractivity contribution >= 4 is 44.9 Å². The van der Waals surface area contributed by atoms with Crippen LogP contribution >= 0.6 is 22.9 Å². The Morgan fingerprint density at radius 2 is 2.08 bits per heavy atom. The van der Waals surface area contributed by atoms with E-state index in [0.717, 1.165) is 10.2 Å². The van der Waals surface area contributed by atoms with E-state index in [4.69, 9.17) is 11.6 Å². The van der Waals surface area contributed by atoms with Gasteiger partial charge in [-0.15, -0.1) is 11.3 Å². The van der Waals surface area contributed by atoms with Crippen LogP contribution in [0, 0.1) is 0 Å². The Hall–Kier alpha value is -2.97. The summed E-state index contributed by atoms with van der Waals surface area (Å²) < 4.78 is 0. The summed E-state index contributed by atoms with van der Waals surface area (Å²) in [5.41, 5.74) is 0.700. The van der Waals surface area contributed by atoms with Crippen LogP contribution in [0.3, 0.4) is 0 Å². The third kappa shape index (κ3) is 3.04. The second-order valence-electron chi connectivity index (χ2n) is 4.92. The molecule has 0 aliphatic rings. The minimum atomic E-state index is -0.467.